The number of hydrogen-bond donors (Lipinski definition) is 1. The van der Waals surface area contributed by atoms with Crippen LogP contribution in [0.1, 0.15) is 36.8 Å². The van der Waals surface area contributed by atoms with E-state index in [0.29, 0.717) is 0 Å². The van der Waals surface area contributed by atoms with Crippen LogP contribution in [-0.2, 0) is 10.2 Å². The van der Waals surface area contributed by atoms with Gasteiger partial charge in [0.1, 0.15) is 5.75 Å². The topological polar surface area (TPSA) is 46.5 Å². The fourth-order valence-electron chi connectivity index (χ4n) is 2.72. The standard InChI is InChI=1S/C14H18O3/c1-10-5-6-11(9-12(10)17-2)14(13(15)16)7-3-4-8-14/h5-6,9H,3-4,7-8H2,1-2H3,(H,15,16). The number of hydrogen-bond acceptors (Lipinski definition) is 2. The second-order valence-corrected chi connectivity index (χ2v) is 4.78. The van der Waals surface area contributed by atoms with E-state index in [2.05, 4.69) is 0 Å². The Morgan fingerprint density at radius 1 is 1.35 bits per heavy atom. The van der Waals surface area contributed by atoms with E-state index in [9.17, 15) is 9.90 Å². The molecule has 1 aliphatic rings. The molecule has 0 aliphatic heterocycles. The van der Waals surface area contributed by atoms with Crippen molar-refractivity contribution in [2.45, 2.75) is 38.0 Å². The minimum absolute atomic E-state index is 0.693. The first-order valence-electron chi connectivity index (χ1n) is 5.99. The second kappa shape index (κ2) is 4.40. The molecule has 2 rings (SSSR count). The molecule has 0 bridgehead atoms. The van der Waals surface area contributed by atoms with E-state index in [1.165, 1.54) is 0 Å². The maximum atomic E-state index is 11.6. The summed E-state index contributed by atoms with van der Waals surface area (Å²) in [6.45, 7) is 1.96. The summed E-state index contributed by atoms with van der Waals surface area (Å²) in [5, 5.41) is 9.51. The molecule has 0 heterocycles. The van der Waals surface area contributed by atoms with Crippen molar-refractivity contribution >= 4 is 5.97 Å². The highest BCUT2D eigenvalue weighted by atomic mass is 16.5. The van der Waals surface area contributed by atoms with Crippen molar-refractivity contribution in [1.82, 2.24) is 0 Å². The number of carbonyl (C=O) groups is 1. The predicted molar refractivity (Wildman–Crippen MR) is 65.5 cm³/mol. The van der Waals surface area contributed by atoms with E-state index in [-0.39, 0.29) is 0 Å². The number of aryl methyl sites for hydroxylation is 1. The molecule has 1 fully saturated rings. The molecule has 0 unspecified atom stereocenters. The van der Waals surface area contributed by atoms with E-state index < -0.39 is 11.4 Å². The van der Waals surface area contributed by atoms with Gasteiger partial charge in [-0.2, -0.15) is 0 Å². The van der Waals surface area contributed by atoms with Crippen LogP contribution in [0.2, 0.25) is 0 Å². The van der Waals surface area contributed by atoms with Gasteiger partial charge in [0.25, 0.3) is 0 Å². The van der Waals surface area contributed by atoms with Gasteiger partial charge in [-0.3, -0.25) is 4.79 Å². The molecule has 0 spiro atoms. The third kappa shape index (κ3) is 1.90. The average molecular weight is 234 g/mol. The van der Waals surface area contributed by atoms with Crippen molar-refractivity contribution in [3.63, 3.8) is 0 Å². The minimum atomic E-state index is -0.707. The first-order valence-corrected chi connectivity index (χ1v) is 5.99. The van der Waals surface area contributed by atoms with E-state index in [0.717, 1.165) is 42.6 Å². The third-order valence-corrected chi connectivity index (χ3v) is 3.83. The third-order valence-electron chi connectivity index (χ3n) is 3.83. The van der Waals surface area contributed by atoms with Crippen LogP contribution >= 0.6 is 0 Å². The molecule has 0 amide bonds. The van der Waals surface area contributed by atoms with Gasteiger partial charge in [0.15, 0.2) is 0 Å². The lowest BCUT2D eigenvalue weighted by atomic mass is 9.78. The minimum Gasteiger partial charge on any atom is -0.496 e. The molecular formula is C14H18O3. The fourth-order valence-corrected chi connectivity index (χ4v) is 2.72. The zero-order chi connectivity index (χ0) is 12.5. The number of rotatable bonds is 3. The SMILES string of the molecule is COc1cc(C2(C(=O)O)CCCC2)ccc1C. The molecule has 0 aromatic heterocycles. The zero-order valence-corrected chi connectivity index (χ0v) is 10.3. The zero-order valence-electron chi connectivity index (χ0n) is 10.3. The van der Waals surface area contributed by atoms with Gasteiger partial charge in [-0.25, -0.2) is 0 Å². The van der Waals surface area contributed by atoms with Gasteiger partial charge in [0.05, 0.1) is 12.5 Å². The molecule has 0 radical (unpaired) electrons. The summed E-state index contributed by atoms with van der Waals surface area (Å²) in [5.41, 5.74) is 1.22. The Morgan fingerprint density at radius 2 is 2.00 bits per heavy atom. The van der Waals surface area contributed by atoms with Gasteiger partial charge < -0.3 is 9.84 Å². The summed E-state index contributed by atoms with van der Waals surface area (Å²) in [6, 6.07) is 5.75. The Kier molecular flexibility index (Phi) is 3.09. The molecule has 1 aromatic rings. The summed E-state index contributed by atoms with van der Waals surface area (Å²) in [6.07, 6.45) is 3.44. The quantitative estimate of drug-likeness (QED) is 0.874. The summed E-state index contributed by atoms with van der Waals surface area (Å²) in [7, 11) is 1.62. The summed E-state index contributed by atoms with van der Waals surface area (Å²) in [4.78, 5) is 11.6. The van der Waals surface area contributed by atoms with Crippen LogP contribution in [0.15, 0.2) is 18.2 Å². The van der Waals surface area contributed by atoms with E-state index in [4.69, 9.17) is 4.74 Å². The van der Waals surface area contributed by atoms with E-state index in [1.807, 2.05) is 25.1 Å². The van der Waals surface area contributed by atoms with Gasteiger partial charge in [-0.05, 0) is 37.0 Å². The molecule has 92 valence electrons. The first kappa shape index (κ1) is 12.0. The van der Waals surface area contributed by atoms with Crippen LogP contribution in [0.4, 0.5) is 0 Å². The van der Waals surface area contributed by atoms with Crippen LogP contribution in [0.5, 0.6) is 5.75 Å². The van der Waals surface area contributed by atoms with Gasteiger partial charge in [-0.15, -0.1) is 0 Å². The predicted octanol–water partition coefficient (Wildman–Crippen LogP) is 2.90. The number of carboxylic acid groups (broad SMARTS) is 1. The number of aliphatic carboxylic acids is 1. The lowest BCUT2D eigenvalue weighted by molar-refractivity contribution is -0.143. The molecule has 17 heavy (non-hydrogen) atoms. The Balaban J connectivity index is 2.47. The van der Waals surface area contributed by atoms with E-state index in [1.54, 1.807) is 7.11 Å². The van der Waals surface area contributed by atoms with Gasteiger partial charge >= 0.3 is 5.97 Å². The highest BCUT2D eigenvalue weighted by molar-refractivity contribution is 5.82. The van der Waals surface area contributed by atoms with Gasteiger partial charge in [-0.1, -0.05) is 25.0 Å². The Bertz CT molecular complexity index is 431. The molecule has 0 saturated heterocycles. The van der Waals surface area contributed by atoms with Crippen LogP contribution in [0.25, 0.3) is 0 Å². The normalized spacial score (nSPS) is 18.0. The van der Waals surface area contributed by atoms with Crippen molar-refractivity contribution in [1.29, 1.82) is 0 Å². The molecule has 0 atom stereocenters. The highest BCUT2D eigenvalue weighted by Gasteiger charge is 2.43. The maximum absolute atomic E-state index is 11.6. The van der Waals surface area contributed by atoms with E-state index >= 15 is 0 Å². The molecule has 1 aromatic carbocycles. The van der Waals surface area contributed by atoms with Crippen molar-refractivity contribution < 1.29 is 14.6 Å². The molecule has 1 N–H and O–H groups in total. The van der Waals surface area contributed by atoms with Crippen molar-refractivity contribution in [2.24, 2.45) is 0 Å². The first-order chi connectivity index (χ1) is 8.10. The maximum Gasteiger partial charge on any atom is 0.314 e. The Labute approximate surface area is 101 Å². The molecule has 1 aliphatic carbocycles. The van der Waals surface area contributed by atoms with Crippen LogP contribution < -0.4 is 4.74 Å². The van der Waals surface area contributed by atoms with Gasteiger partial charge in [0.2, 0.25) is 0 Å². The summed E-state index contributed by atoms with van der Waals surface area (Å²) in [5.74, 6) is 0.0657. The lowest BCUT2D eigenvalue weighted by Gasteiger charge is -2.25. The summed E-state index contributed by atoms with van der Waals surface area (Å²) < 4.78 is 5.28. The number of benzene rings is 1. The molecular weight excluding hydrogens is 216 g/mol. The second-order valence-electron chi connectivity index (χ2n) is 4.78. The van der Waals surface area contributed by atoms with Crippen molar-refractivity contribution in [2.75, 3.05) is 7.11 Å². The average Bonchev–Trinajstić information content (AvgIpc) is 2.80. The number of methoxy groups -OCH3 is 1. The van der Waals surface area contributed by atoms with Gasteiger partial charge in [0, 0.05) is 0 Å². The Morgan fingerprint density at radius 3 is 2.53 bits per heavy atom. The van der Waals surface area contributed by atoms with Crippen LogP contribution in [0, 0.1) is 6.92 Å². The lowest BCUT2D eigenvalue weighted by Crippen LogP contribution is -2.32. The van der Waals surface area contributed by atoms with Crippen molar-refractivity contribution in [3.8, 4) is 5.75 Å². The summed E-state index contributed by atoms with van der Waals surface area (Å²) >= 11 is 0. The fraction of sp³-hybridized carbons (Fsp3) is 0.500. The van der Waals surface area contributed by atoms with Crippen molar-refractivity contribution in [3.05, 3.63) is 29.3 Å². The van der Waals surface area contributed by atoms with Crippen LogP contribution in [-0.4, -0.2) is 18.2 Å². The monoisotopic (exact) mass is 234 g/mol. The Hall–Kier alpha value is -1.51. The smallest absolute Gasteiger partial charge is 0.314 e. The number of carboxylic acids is 1. The number of ether oxygens (including phenoxy) is 1. The largest absolute Gasteiger partial charge is 0.496 e. The molecule has 3 heteroatoms. The highest BCUT2D eigenvalue weighted by Crippen LogP contribution is 2.42. The van der Waals surface area contributed by atoms with Crippen LogP contribution in [0.3, 0.4) is 0 Å². The molecule has 1 saturated carbocycles. The molecule has 3 nitrogen and oxygen atoms in total.